The molecule has 0 saturated carbocycles. The van der Waals surface area contributed by atoms with Gasteiger partial charge in [0.25, 0.3) is 0 Å². The Morgan fingerprint density at radius 1 is 1.20 bits per heavy atom. The summed E-state index contributed by atoms with van der Waals surface area (Å²) in [7, 11) is 0. The van der Waals surface area contributed by atoms with Gasteiger partial charge in [-0.05, 0) is 18.2 Å². The number of nitriles is 1. The third kappa shape index (κ3) is 2.33. The molecular formula is C14H10N6. The molecule has 0 saturated heterocycles. The van der Waals surface area contributed by atoms with Crippen molar-refractivity contribution >= 4 is 23.4 Å². The van der Waals surface area contributed by atoms with Crippen molar-refractivity contribution in [1.82, 2.24) is 19.6 Å². The molecule has 96 valence electrons. The maximum atomic E-state index is 8.58. The Morgan fingerprint density at radius 3 is 2.85 bits per heavy atom. The lowest BCUT2D eigenvalue weighted by Gasteiger charge is -1.99. The lowest BCUT2D eigenvalue weighted by molar-refractivity contribution is 0.908. The predicted molar refractivity (Wildman–Crippen MR) is 75.2 cm³/mol. The standard InChI is InChI=1S/C14H10N6/c15-9-4-7-12-16-10-8-13-18-14(19-20(12)13)17-11-5-2-1-3-6-11/h1-8,10H,(H,17,19). The molecule has 6 heteroatoms. The van der Waals surface area contributed by atoms with E-state index in [1.54, 1.807) is 22.9 Å². The number of nitrogens with zero attached hydrogens (tertiary/aromatic N) is 5. The van der Waals surface area contributed by atoms with E-state index < -0.39 is 0 Å². The molecule has 0 amide bonds. The average Bonchev–Trinajstić information content (AvgIpc) is 2.89. The lowest BCUT2D eigenvalue weighted by Crippen LogP contribution is -1.97. The highest BCUT2D eigenvalue weighted by Crippen LogP contribution is 2.14. The van der Waals surface area contributed by atoms with Crippen LogP contribution >= 0.6 is 0 Å². The molecule has 0 atom stereocenters. The number of nitrogens with one attached hydrogen (secondary N) is 1. The Kier molecular flexibility index (Phi) is 3.08. The summed E-state index contributed by atoms with van der Waals surface area (Å²) >= 11 is 0. The second-order valence-electron chi connectivity index (χ2n) is 3.96. The van der Waals surface area contributed by atoms with Crippen LogP contribution in [0.1, 0.15) is 5.82 Å². The Labute approximate surface area is 115 Å². The summed E-state index contributed by atoms with van der Waals surface area (Å²) in [5, 5.41) is 16.0. The zero-order valence-corrected chi connectivity index (χ0v) is 10.4. The van der Waals surface area contributed by atoms with Crippen LogP contribution in [0.5, 0.6) is 0 Å². The second-order valence-corrected chi connectivity index (χ2v) is 3.96. The van der Waals surface area contributed by atoms with Crippen LogP contribution < -0.4 is 5.32 Å². The van der Waals surface area contributed by atoms with Crippen molar-refractivity contribution in [2.75, 3.05) is 5.32 Å². The summed E-state index contributed by atoms with van der Waals surface area (Å²) in [6.45, 7) is 0. The van der Waals surface area contributed by atoms with Crippen LogP contribution in [-0.4, -0.2) is 19.6 Å². The fourth-order valence-electron chi connectivity index (χ4n) is 1.76. The largest absolute Gasteiger partial charge is 0.323 e. The number of rotatable bonds is 3. The SMILES string of the molecule is N#CC=Cc1nccc2nc(Nc3ccccc3)nn12. The van der Waals surface area contributed by atoms with Crippen LogP contribution in [0.25, 0.3) is 11.7 Å². The molecule has 0 unspecified atom stereocenters. The average molecular weight is 262 g/mol. The normalized spacial score (nSPS) is 10.8. The topological polar surface area (TPSA) is 78.9 Å². The molecule has 6 nitrogen and oxygen atoms in total. The van der Waals surface area contributed by atoms with E-state index in [9.17, 15) is 0 Å². The maximum absolute atomic E-state index is 8.58. The van der Waals surface area contributed by atoms with Crippen LogP contribution in [0.3, 0.4) is 0 Å². The Morgan fingerprint density at radius 2 is 2.05 bits per heavy atom. The highest BCUT2D eigenvalue weighted by atomic mass is 15.4. The summed E-state index contributed by atoms with van der Waals surface area (Å²) in [5.74, 6) is 1.04. The van der Waals surface area contributed by atoms with Gasteiger partial charge in [0.2, 0.25) is 5.95 Å². The van der Waals surface area contributed by atoms with Crippen molar-refractivity contribution in [2.24, 2.45) is 0 Å². The first-order valence-electron chi connectivity index (χ1n) is 5.97. The van der Waals surface area contributed by atoms with Crippen molar-refractivity contribution in [3.05, 3.63) is 54.5 Å². The number of fused-ring (bicyclic) bond motifs is 1. The fraction of sp³-hybridized carbons (Fsp3) is 0. The highest BCUT2D eigenvalue weighted by molar-refractivity contribution is 5.57. The fourth-order valence-corrected chi connectivity index (χ4v) is 1.76. The Bertz CT molecular complexity index is 797. The molecule has 3 rings (SSSR count). The van der Waals surface area contributed by atoms with Gasteiger partial charge in [-0.3, -0.25) is 0 Å². The monoisotopic (exact) mass is 262 g/mol. The summed E-state index contributed by atoms with van der Waals surface area (Å²) in [5.41, 5.74) is 1.57. The molecule has 1 N–H and O–H groups in total. The number of benzene rings is 1. The van der Waals surface area contributed by atoms with Crippen molar-refractivity contribution in [2.45, 2.75) is 0 Å². The minimum atomic E-state index is 0.482. The third-order valence-corrected chi connectivity index (χ3v) is 2.62. The highest BCUT2D eigenvalue weighted by Gasteiger charge is 2.06. The van der Waals surface area contributed by atoms with E-state index in [1.165, 1.54) is 6.08 Å². The molecule has 0 aliphatic heterocycles. The summed E-state index contributed by atoms with van der Waals surface area (Å²) < 4.78 is 1.58. The van der Waals surface area contributed by atoms with Crippen molar-refractivity contribution in [3.8, 4) is 6.07 Å². The van der Waals surface area contributed by atoms with E-state index in [-0.39, 0.29) is 0 Å². The van der Waals surface area contributed by atoms with Gasteiger partial charge >= 0.3 is 0 Å². The van der Waals surface area contributed by atoms with E-state index in [2.05, 4.69) is 20.4 Å². The molecule has 2 aromatic heterocycles. The molecule has 2 heterocycles. The predicted octanol–water partition coefficient (Wildman–Crippen LogP) is 2.40. The quantitative estimate of drug-likeness (QED) is 0.733. The maximum Gasteiger partial charge on any atom is 0.247 e. The van der Waals surface area contributed by atoms with E-state index in [4.69, 9.17) is 5.26 Å². The molecule has 20 heavy (non-hydrogen) atoms. The Balaban J connectivity index is 1.99. The minimum absolute atomic E-state index is 0.482. The number of hydrogen-bond acceptors (Lipinski definition) is 5. The first-order valence-corrected chi connectivity index (χ1v) is 5.97. The molecule has 0 aliphatic rings. The first-order chi connectivity index (χ1) is 9.86. The zero-order chi connectivity index (χ0) is 13.8. The van der Waals surface area contributed by atoms with Crippen LogP contribution in [0.2, 0.25) is 0 Å². The van der Waals surface area contributed by atoms with Gasteiger partial charge in [0.1, 0.15) is 0 Å². The van der Waals surface area contributed by atoms with Crippen LogP contribution in [0, 0.1) is 11.3 Å². The number of anilines is 2. The zero-order valence-electron chi connectivity index (χ0n) is 10.4. The molecule has 0 aliphatic carbocycles. The molecule has 0 radical (unpaired) electrons. The first kappa shape index (κ1) is 11.9. The van der Waals surface area contributed by atoms with Crippen molar-refractivity contribution < 1.29 is 0 Å². The van der Waals surface area contributed by atoms with Crippen LogP contribution in [0.4, 0.5) is 11.6 Å². The second kappa shape index (κ2) is 5.20. The van der Waals surface area contributed by atoms with Crippen molar-refractivity contribution in [3.63, 3.8) is 0 Å². The summed E-state index contributed by atoms with van der Waals surface area (Å²) in [4.78, 5) is 8.52. The van der Waals surface area contributed by atoms with E-state index in [0.717, 1.165) is 5.69 Å². The number of aromatic nitrogens is 4. The lowest BCUT2D eigenvalue weighted by atomic mass is 10.3. The van der Waals surface area contributed by atoms with E-state index >= 15 is 0 Å². The molecule has 1 aromatic carbocycles. The molecular weight excluding hydrogens is 252 g/mol. The summed E-state index contributed by atoms with van der Waals surface area (Å²) in [6, 6.07) is 13.4. The number of para-hydroxylation sites is 1. The third-order valence-electron chi connectivity index (χ3n) is 2.62. The molecule has 0 spiro atoms. The van der Waals surface area contributed by atoms with Gasteiger partial charge in [0.15, 0.2) is 11.5 Å². The van der Waals surface area contributed by atoms with Gasteiger partial charge in [-0.1, -0.05) is 18.2 Å². The van der Waals surface area contributed by atoms with Gasteiger partial charge in [0.05, 0.1) is 6.07 Å². The van der Waals surface area contributed by atoms with Gasteiger partial charge < -0.3 is 5.32 Å². The van der Waals surface area contributed by atoms with Crippen molar-refractivity contribution in [1.29, 1.82) is 5.26 Å². The Hall–Kier alpha value is -3.20. The van der Waals surface area contributed by atoms with Gasteiger partial charge in [-0.2, -0.15) is 14.8 Å². The van der Waals surface area contributed by atoms with Gasteiger partial charge in [-0.25, -0.2) is 4.98 Å². The van der Waals surface area contributed by atoms with Crippen LogP contribution in [-0.2, 0) is 0 Å². The van der Waals surface area contributed by atoms with Gasteiger partial charge in [-0.15, -0.1) is 5.10 Å². The van der Waals surface area contributed by atoms with Gasteiger partial charge in [0, 0.05) is 24.0 Å². The molecule has 3 aromatic rings. The minimum Gasteiger partial charge on any atom is -0.323 e. The van der Waals surface area contributed by atoms with Crippen LogP contribution in [0.15, 0.2) is 48.7 Å². The summed E-state index contributed by atoms with van der Waals surface area (Å²) in [6.07, 6.45) is 4.58. The smallest absolute Gasteiger partial charge is 0.247 e. The van der Waals surface area contributed by atoms with E-state index in [0.29, 0.717) is 17.4 Å². The number of hydrogen-bond donors (Lipinski definition) is 1. The molecule has 0 bridgehead atoms. The number of allylic oxidation sites excluding steroid dienone is 1. The van der Waals surface area contributed by atoms with E-state index in [1.807, 2.05) is 36.4 Å². The molecule has 0 fully saturated rings.